The molecule has 11 nitrogen and oxygen atoms in total. The number of unbranched alkanes of at least 4 members (excludes halogenated alkanes) is 1. The van der Waals surface area contributed by atoms with E-state index in [9.17, 15) is 20.1 Å². The van der Waals surface area contributed by atoms with Crippen molar-refractivity contribution < 1.29 is 34.3 Å². The fourth-order valence-corrected chi connectivity index (χ4v) is 4.31. The highest BCUT2D eigenvalue weighted by molar-refractivity contribution is 5.67. The fraction of sp³-hybridized carbons (Fsp3) is 0.958. The molecule has 0 aromatic heterocycles. The first-order valence-electron chi connectivity index (χ1n) is 12.8. The van der Waals surface area contributed by atoms with Crippen molar-refractivity contribution >= 4 is 6.09 Å². The molecule has 1 rings (SSSR count). The first kappa shape index (κ1) is 32.0. The van der Waals surface area contributed by atoms with Gasteiger partial charge in [0.1, 0.15) is 0 Å². The largest absolute Gasteiger partial charge is 0.453 e. The second kappa shape index (κ2) is 19.1. The molecule has 208 valence electrons. The molecule has 0 spiro atoms. The normalized spacial score (nSPS) is 20.6. The van der Waals surface area contributed by atoms with Gasteiger partial charge in [0.2, 0.25) is 0 Å². The summed E-state index contributed by atoms with van der Waals surface area (Å²) >= 11 is 0. The SMILES string of the molecule is CCCCC(O)CN1CCN(CC(O)COC)CCN(CC(O)COC)CCN(C(=O)OC)CC1. The van der Waals surface area contributed by atoms with Gasteiger partial charge < -0.3 is 34.4 Å². The van der Waals surface area contributed by atoms with E-state index in [2.05, 4.69) is 21.6 Å². The summed E-state index contributed by atoms with van der Waals surface area (Å²) in [5.74, 6) is 0. The highest BCUT2D eigenvalue weighted by atomic mass is 16.5. The van der Waals surface area contributed by atoms with Gasteiger partial charge in [-0.15, -0.1) is 0 Å². The number of hydrogen-bond donors (Lipinski definition) is 3. The standard InChI is InChI=1S/C24H50N4O7/c1-5-6-7-21(29)16-26-10-8-25(17-22(30)19-33-2)9-11-27(18-23(31)20-34-3)13-15-28(14-12-26)24(32)35-4/h21-23,29-31H,5-20H2,1-4H3. The number of methoxy groups -OCH3 is 3. The molecule has 1 amide bonds. The van der Waals surface area contributed by atoms with Gasteiger partial charge in [0.05, 0.1) is 38.6 Å². The third-order valence-electron chi connectivity index (χ3n) is 6.29. The van der Waals surface area contributed by atoms with Gasteiger partial charge in [-0.05, 0) is 6.42 Å². The Labute approximate surface area is 211 Å². The maximum absolute atomic E-state index is 12.4. The number of nitrogens with zero attached hydrogens (tertiary/aromatic N) is 4. The third kappa shape index (κ3) is 14.3. The summed E-state index contributed by atoms with van der Waals surface area (Å²) < 4.78 is 15.2. The number of β-amino-alcohol motifs (C(OH)–C–C–N with tert-alkyl or cyclic N) is 3. The molecule has 1 saturated heterocycles. The van der Waals surface area contributed by atoms with E-state index in [0.29, 0.717) is 72.0 Å². The Hall–Kier alpha value is -1.05. The van der Waals surface area contributed by atoms with Crippen molar-refractivity contribution in [3.05, 3.63) is 0 Å². The fourth-order valence-electron chi connectivity index (χ4n) is 4.31. The van der Waals surface area contributed by atoms with Crippen LogP contribution in [0.2, 0.25) is 0 Å². The number of ether oxygens (including phenoxy) is 3. The van der Waals surface area contributed by atoms with E-state index in [-0.39, 0.29) is 19.3 Å². The molecule has 0 radical (unpaired) electrons. The van der Waals surface area contributed by atoms with Gasteiger partial charge in [-0.25, -0.2) is 4.79 Å². The van der Waals surface area contributed by atoms with Crippen molar-refractivity contribution in [2.24, 2.45) is 0 Å². The quantitative estimate of drug-likeness (QED) is 0.303. The van der Waals surface area contributed by atoms with Gasteiger partial charge in [-0.3, -0.25) is 14.7 Å². The lowest BCUT2D eigenvalue weighted by atomic mass is 10.1. The van der Waals surface area contributed by atoms with Gasteiger partial charge >= 0.3 is 6.09 Å². The molecule has 0 aromatic rings. The van der Waals surface area contributed by atoms with Crippen LogP contribution in [0.4, 0.5) is 4.79 Å². The van der Waals surface area contributed by atoms with Crippen LogP contribution in [-0.2, 0) is 14.2 Å². The Morgan fingerprint density at radius 3 is 1.49 bits per heavy atom. The topological polar surface area (TPSA) is 118 Å². The number of carbonyl (C=O) groups is 1. The number of hydrogen-bond acceptors (Lipinski definition) is 10. The van der Waals surface area contributed by atoms with Crippen LogP contribution in [0.3, 0.4) is 0 Å². The van der Waals surface area contributed by atoms with Crippen molar-refractivity contribution in [1.29, 1.82) is 0 Å². The minimum atomic E-state index is -0.632. The molecule has 0 aliphatic carbocycles. The summed E-state index contributed by atoms with van der Waals surface area (Å²) in [5.41, 5.74) is 0. The van der Waals surface area contributed by atoms with Crippen molar-refractivity contribution in [3.8, 4) is 0 Å². The average Bonchev–Trinajstić information content (AvgIpc) is 2.82. The molecule has 0 bridgehead atoms. The molecule has 1 heterocycles. The lowest BCUT2D eigenvalue weighted by Crippen LogP contribution is -2.50. The first-order valence-corrected chi connectivity index (χ1v) is 12.8. The van der Waals surface area contributed by atoms with Gasteiger partial charge in [-0.1, -0.05) is 19.8 Å². The highest BCUT2D eigenvalue weighted by Gasteiger charge is 2.22. The van der Waals surface area contributed by atoms with Crippen LogP contribution >= 0.6 is 0 Å². The molecule has 0 saturated carbocycles. The summed E-state index contributed by atoms with van der Waals surface area (Å²) in [6.07, 6.45) is 0.737. The second-order valence-electron chi connectivity index (χ2n) is 9.37. The van der Waals surface area contributed by atoms with E-state index in [1.807, 2.05) is 0 Å². The first-order chi connectivity index (χ1) is 16.8. The molecule has 3 N–H and O–H groups in total. The number of aliphatic hydroxyl groups is 3. The molecule has 1 aliphatic heterocycles. The molecule has 11 heteroatoms. The van der Waals surface area contributed by atoms with Crippen molar-refractivity contribution in [1.82, 2.24) is 19.6 Å². The lowest BCUT2D eigenvalue weighted by Gasteiger charge is -2.35. The Morgan fingerprint density at radius 2 is 1.11 bits per heavy atom. The van der Waals surface area contributed by atoms with Crippen LogP contribution in [0.15, 0.2) is 0 Å². The summed E-state index contributed by atoms with van der Waals surface area (Å²) in [7, 11) is 4.52. The van der Waals surface area contributed by atoms with E-state index in [1.165, 1.54) is 7.11 Å². The van der Waals surface area contributed by atoms with Crippen LogP contribution in [-0.4, -0.2) is 166 Å². The Bertz CT molecular complexity index is 546. The number of amides is 1. The minimum Gasteiger partial charge on any atom is -0.453 e. The zero-order chi connectivity index (χ0) is 26.1. The van der Waals surface area contributed by atoms with E-state index >= 15 is 0 Å². The van der Waals surface area contributed by atoms with E-state index < -0.39 is 18.3 Å². The maximum Gasteiger partial charge on any atom is 0.409 e. The van der Waals surface area contributed by atoms with Gasteiger partial charge in [0.15, 0.2) is 0 Å². The van der Waals surface area contributed by atoms with Crippen LogP contribution < -0.4 is 0 Å². The van der Waals surface area contributed by atoms with Crippen LogP contribution in [0.1, 0.15) is 26.2 Å². The summed E-state index contributed by atoms with van der Waals surface area (Å²) in [4.78, 5) is 20.6. The Morgan fingerprint density at radius 1 is 0.714 bits per heavy atom. The predicted molar refractivity (Wildman–Crippen MR) is 135 cm³/mol. The van der Waals surface area contributed by atoms with Gasteiger partial charge in [-0.2, -0.15) is 0 Å². The second-order valence-corrected chi connectivity index (χ2v) is 9.37. The molecule has 1 fully saturated rings. The molecule has 1 aliphatic rings. The number of carbonyl (C=O) groups excluding carboxylic acids is 1. The monoisotopic (exact) mass is 506 g/mol. The molecule has 3 unspecified atom stereocenters. The lowest BCUT2D eigenvalue weighted by molar-refractivity contribution is 0.0171. The van der Waals surface area contributed by atoms with Crippen molar-refractivity contribution in [2.45, 2.75) is 44.5 Å². The smallest absolute Gasteiger partial charge is 0.409 e. The van der Waals surface area contributed by atoms with E-state index in [0.717, 1.165) is 19.3 Å². The van der Waals surface area contributed by atoms with E-state index in [4.69, 9.17) is 14.2 Å². The minimum absolute atomic E-state index is 0.239. The average molecular weight is 507 g/mol. The molecule has 3 atom stereocenters. The zero-order valence-corrected chi connectivity index (χ0v) is 22.3. The number of aliphatic hydroxyl groups excluding tert-OH is 3. The van der Waals surface area contributed by atoms with Crippen LogP contribution in [0.25, 0.3) is 0 Å². The van der Waals surface area contributed by atoms with Gasteiger partial charge in [0.25, 0.3) is 0 Å². The predicted octanol–water partition coefficient (Wildman–Crippen LogP) is -0.460. The molecule has 0 aromatic carbocycles. The summed E-state index contributed by atoms with van der Waals surface area (Å²) in [5, 5.41) is 31.2. The number of rotatable bonds is 13. The summed E-state index contributed by atoms with van der Waals surface area (Å²) in [6.45, 7) is 8.93. The zero-order valence-electron chi connectivity index (χ0n) is 22.3. The Kier molecular flexibility index (Phi) is 17.5. The maximum atomic E-state index is 12.4. The Balaban J connectivity index is 2.98. The van der Waals surface area contributed by atoms with Crippen molar-refractivity contribution in [2.75, 3.05) is 107 Å². The van der Waals surface area contributed by atoms with Crippen LogP contribution in [0.5, 0.6) is 0 Å². The van der Waals surface area contributed by atoms with Crippen LogP contribution in [0, 0.1) is 0 Å². The highest BCUT2D eigenvalue weighted by Crippen LogP contribution is 2.07. The van der Waals surface area contributed by atoms with E-state index in [1.54, 1.807) is 19.1 Å². The van der Waals surface area contributed by atoms with Gasteiger partial charge in [0, 0.05) is 86.2 Å². The summed E-state index contributed by atoms with van der Waals surface area (Å²) in [6, 6.07) is 0. The molecule has 35 heavy (non-hydrogen) atoms. The molecular weight excluding hydrogens is 456 g/mol. The third-order valence-corrected chi connectivity index (χ3v) is 6.29. The van der Waals surface area contributed by atoms with Crippen molar-refractivity contribution in [3.63, 3.8) is 0 Å². The molecular formula is C24H50N4O7.